The van der Waals surface area contributed by atoms with Crippen molar-refractivity contribution in [2.75, 3.05) is 13.2 Å². The summed E-state index contributed by atoms with van der Waals surface area (Å²) >= 11 is 0. The smallest absolute Gasteiger partial charge is 0.148 e. The van der Waals surface area contributed by atoms with Crippen molar-refractivity contribution in [3.8, 4) is 18.1 Å². The highest BCUT2D eigenvalue weighted by atomic mass is 16.5. The number of hydrogen-bond donors (Lipinski definition) is 2. The van der Waals surface area contributed by atoms with Gasteiger partial charge in [0.05, 0.1) is 6.61 Å². The van der Waals surface area contributed by atoms with Crippen LogP contribution < -0.4 is 10.1 Å². The first kappa shape index (κ1) is 12.6. The fourth-order valence-electron chi connectivity index (χ4n) is 1.26. The minimum atomic E-state index is 0.0701. The van der Waals surface area contributed by atoms with Gasteiger partial charge >= 0.3 is 0 Å². The van der Waals surface area contributed by atoms with E-state index in [9.17, 15) is 0 Å². The van der Waals surface area contributed by atoms with Gasteiger partial charge in [0.15, 0.2) is 0 Å². The summed E-state index contributed by atoms with van der Waals surface area (Å²) in [5.41, 5.74) is 1.04. The topological polar surface area (TPSA) is 41.5 Å². The van der Waals surface area contributed by atoms with Crippen molar-refractivity contribution in [3.05, 3.63) is 29.8 Å². The molecule has 2 N–H and O–H groups in total. The Morgan fingerprint density at radius 1 is 1.50 bits per heavy atom. The quantitative estimate of drug-likeness (QED) is 0.706. The lowest BCUT2D eigenvalue weighted by Gasteiger charge is -2.13. The molecule has 86 valence electrons. The Morgan fingerprint density at radius 3 is 2.94 bits per heavy atom. The molecule has 0 aliphatic rings. The second-order valence-electron chi connectivity index (χ2n) is 3.57. The standard InChI is InChI=1S/C13H17NO2/c1-3-8-16-13-7-5-4-6-12(13)9-14-11(2)10-15/h1,4-7,11,14-15H,8-10H2,2H3. The average Bonchev–Trinajstić information content (AvgIpc) is 2.34. The number of ether oxygens (including phenoxy) is 1. The molecule has 0 saturated carbocycles. The van der Waals surface area contributed by atoms with Crippen LogP contribution >= 0.6 is 0 Å². The Kier molecular flexibility index (Phi) is 5.41. The molecule has 1 unspecified atom stereocenters. The maximum absolute atomic E-state index is 8.90. The molecule has 0 fully saturated rings. The third kappa shape index (κ3) is 3.93. The van der Waals surface area contributed by atoms with E-state index in [1.165, 1.54) is 0 Å². The molecular formula is C13H17NO2. The van der Waals surface area contributed by atoms with Crippen LogP contribution in [-0.2, 0) is 6.54 Å². The van der Waals surface area contributed by atoms with Gasteiger partial charge in [-0.15, -0.1) is 6.42 Å². The van der Waals surface area contributed by atoms with Crippen LogP contribution in [0.15, 0.2) is 24.3 Å². The molecule has 3 nitrogen and oxygen atoms in total. The van der Waals surface area contributed by atoms with E-state index in [-0.39, 0.29) is 19.3 Å². The van der Waals surface area contributed by atoms with Crippen molar-refractivity contribution in [2.24, 2.45) is 0 Å². The molecule has 0 bridgehead atoms. The number of rotatable bonds is 6. The third-order valence-electron chi connectivity index (χ3n) is 2.20. The van der Waals surface area contributed by atoms with Crippen molar-refractivity contribution in [2.45, 2.75) is 19.5 Å². The minimum absolute atomic E-state index is 0.0701. The molecule has 0 saturated heterocycles. The zero-order valence-electron chi connectivity index (χ0n) is 9.44. The van der Waals surface area contributed by atoms with Crippen molar-refractivity contribution >= 4 is 0 Å². The zero-order valence-corrected chi connectivity index (χ0v) is 9.44. The van der Waals surface area contributed by atoms with Crippen molar-refractivity contribution in [3.63, 3.8) is 0 Å². The highest BCUT2D eigenvalue weighted by molar-refractivity contribution is 5.33. The number of benzene rings is 1. The molecule has 1 aromatic carbocycles. The van der Waals surface area contributed by atoms with Gasteiger partial charge in [-0.25, -0.2) is 0 Å². The number of hydrogen-bond acceptors (Lipinski definition) is 3. The molecule has 1 atom stereocenters. The van der Waals surface area contributed by atoms with Gasteiger partial charge in [0.2, 0.25) is 0 Å². The van der Waals surface area contributed by atoms with Crippen LogP contribution in [0.5, 0.6) is 5.75 Å². The number of aliphatic hydroxyl groups is 1. The Morgan fingerprint density at radius 2 is 2.25 bits per heavy atom. The number of aliphatic hydroxyl groups excluding tert-OH is 1. The van der Waals surface area contributed by atoms with Crippen LogP contribution in [-0.4, -0.2) is 24.4 Å². The third-order valence-corrected chi connectivity index (χ3v) is 2.20. The Bertz CT molecular complexity index is 357. The summed E-state index contributed by atoms with van der Waals surface area (Å²) in [7, 11) is 0. The van der Waals surface area contributed by atoms with Crippen LogP contribution in [0.3, 0.4) is 0 Å². The van der Waals surface area contributed by atoms with Gasteiger partial charge in [0.1, 0.15) is 12.4 Å². The van der Waals surface area contributed by atoms with Crippen LogP contribution in [0.2, 0.25) is 0 Å². The molecule has 0 aromatic heterocycles. The fourth-order valence-corrected chi connectivity index (χ4v) is 1.26. The van der Waals surface area contributed by atoms with Gasteiger partial charge in [-0.1, -0.05) is 24.1 Å². The van der Waals surface area contributed by atoms with Crippen LogP contribution in [0.4, 0.5) is 0 Å². The molecule has 0 heterocycles. The maximum Gasteiger partial charge on any atom is 0.148 e. The lowest BCUT2D eigenvalue weighted by atomic mass is 10.2. The predicted octanol–water partition coefficient (Wildman–Crippen LogP) is 1.17. The highest BCUT2D eigenvalue weighted by Gasteiger charge is 2.04. The summed E-state index contributed by atoms with van der Waals surface area (Å²) < 4.78 is 5.41. The first-order valence-electron chi connectivity index (χ1n) is 5.26. The van der Waals surface area contributed by atoms with Gasteiger partial charge in [-0.2, -0.15) is 0 Å². The monoisotopic (exact) mass is 219 g/mol. The van der Waals surface area contributed by atoms with Gasteiger partial charge in [-0.3, -0.25) is 0 Å². The molecule has 0 radical (unpaired) electrons. The summed E-state index contributed by atoms with van der Waals surface area (Å²) in [5, 5.41) is 12.1. The highest BCUT2D eigenvalue weighted by Crippen LogP contribution is 2.17. The number of para-hydroxylation sites is 1. The summed E-state index contributed by atoms with van der Waals surface area (Å²) in [6.45, 7) is 2.97. The molecule has 0 amide bonds. The summed E-state index contributed by atoms with van der Waals surface area (Å²) in [4.78, 5) is 0. The van der Waals surface area contributed by atoms with Crippen LogP contribution in [0.25, 0.3) is 0 Å². The van der Waals surface area contributed by atoms with E-state index in [4.69, 9.17) is 16.3 Å². The second kappa shape index (κ2) is 6.89. The van der Waals surface area contributed by atoms with Gasteiger partial charge < -0.3 is 15.2 Å². The van der Waals surface area contributed by atoms with E-state index in [1.54, 1.807) is 0 Å². The SMILES string of the molecule is C#CCOc1ccccc1CNC(C)CO. The lowest BCUT2D eigenvalue weighted by molar-refractivity contribution is 0.250. The van der Waals surface area contributed by atoms with Crippen LogP contribution in [0, 0.1) is 12.3 Å². The van der Waals surface area contributed by atoms with E-state index >= 15 is 0 Å². The lowest BCUT2D eigenvalue weighted by Crippen LogP contribution is -2.28. The zero-order chi connectivity index (χ0) is 11.8. The summed E-state index contributed by atoms with van der Waals surface area (Å²) in [6, 6.07) is 7.79. The molecule has 1 rings (SSSR count). The Balaban J connectivity index is 2.60. The molecule has 0 aliphatic carbocycles. The van der Waals surface area contributed by atoms with E-state index in [2.05, 4.69) is 11.2 Å². The average molecular weight is 219 g/mol. The van der Waals surface area contributed by atoms with E-state index in [0.29, 0.717) is 6.54 Å². The predicted molar refractivity (Wildman–Crippen MR) is 64.2 cm³/mol. The van der Waals surface area contributed by atoms with Gasteiger partial charge in [-0.05, 0) is 13.0 Å². The first-order valence-corrected chi connectivity index (χ1v) is 5.26. The van der Waals surface area contributed by atoms with Gasteiger partial charge in [0.25, 0.3) is 0 Å². The molecule has 0 aliphatic heterocycles. The number of nitrogens with one attached hydrogen (secondary N) is 1. The van der Waals surface area contributed by atoms with Crippen LogP contribution in [0.1, 0.15) is 12.5 Å². The van der Waals surface area contributed by atoms with Gasteiger partial charge in [0, 0.05) is 18.2 Å². The van der Waals surface area contributed by atoms with E-state index in [1.807, 2.05) is 31.2 Å². The van der Waals surface area contributed by atoms with Crippen molar-refractivity contribution in [1.29, 1.82) is 0 Å². The Hall–Kier alpha value is -1.50. The summed E-state index contributed by atoms with van der Waals surface area (Å²) in [5.74, 6) is 3.23. The molecule has 1 aromatic rings. The molecule has 3 heteroatoms. The Labute approximate surface area is 96.4 Å². The minimum Gasteiger partial charge on any atom is -0.481 e. The van der Waals surface area contributed by atoms with Crippen molar-refractivity contribution in [1.82, 2.24) is 5.32 Å². The molecular weight excluding hydrogens is 202 g/mol. The van der Waals surface area contributed by atoms with E-state index in [0.717, 1.165) is 11.3 Å². The molecule has 16 heavy (non-hydrogen) atoms. The molecule has 0 spiro atoms. The first-order chi connectivity index (χ1) is 7.77. The normalized spacial score (nSPS) is 11.8. The fraction of sp³-hybridized carbons (Fsp3) is 0.385. The van der Waals surface area contributed by atoms with E-state index < -0.39 is 0 Å². The largest absolute Gasteiger partial charge is 0.481 e. The second-order valence-corrected chi connectivity index (χ2v) is 3.57. The summed E-state index contributed by atoms with van der Waals surface area (Å²) in [6.07, 6.45) is 5.15. The maximum atomic E-state index is 8.90. The number of terminal acetylenes is 1. The van der Waals surface area contributed by atoms with Crippen molar-refractivity contribution < 1.29 is 9.84 Å².